The van der Waals surface area contributed by atoms with Crippen LogP contribution in [0.15, 0.2) is 0 Å². The lowest BCUT2D eigenvalue weighted by molar-refractivity contribution is -0.000207. The van der Waals surface area contributed by atoms with Gasteiger partial charge in [-0.3, -0.25) is 0 Å². The molecule has 0 saturated heterocycles. The molecular weight excluding hydrogens is 147 g/mol. The largest absolute Gasteiger partial charge is 0.390 e. The molecule has 0 amide bonds. The second-order valence-corrected chi connectivity index (χ2v) is 2.68. The molecule has 0 aliphatic rings. The monoisotopic (exact) mass is 165 g/mol. The van der Waals surface area contributed by atoms with E-state index < -0.39 is 18.9 Å². The van der Waals surface area contributed by atoms with E-state index >= 15 is 0 Å². The van der Waals surface area contributed by atoms with Gasteiger partial charge in [-0.25, -0.2) is 4.39 Å². The number of aliphatic hydroxyl groups is 2. The predicted octanol–water partition coefficient (Wildman–Crippen LogP) is 1.26. The predicted molar refractivity (Wildman–Crippen MR) is 42.1 cm³/mol. The molecular formula is C8H17FO2. The van der Waals surface area contributed by atoms with Crippen molar-refractivity contribution in [1.29, 1.82) is 0 Å². The molecule has 3 heteroatoms. The van der Waals surface area contributed by atoms with Crippen LogP contribution in [0.3, 0.4) is 0 Å². The minimum atomic E-state index is -2.10. The van der Waals surface area contributed by atoms with Gasteiger partial charge >= 0.3 is 0 Å². The van der Waals surface area contributed by atoms with Crippen molar-refractivity contribution in [2.45, 2.75) is 44.8 Å². The number of halogens is 1. The van der Waals surface area contributed by atoms with Crippen LogP contribution in [-0.2, 0) is 0 Å². The van der Waals surface area contributed by atoms with E-state index in [1.807, 2.05) is 6.92 Å². The van der Waals surface area contributed by atoms with Crippen LogP contribution in [0.2, 0.25) is 0 Å². The number of hydrogen-bond acceptors (Lipinski definition) is 2. The lowest BCUT2D eigenvalue weighted by Crippen LogP contribution is -2.27. The number of rotatable bonds is 6. The Morgan fingerprint density at radius 1 is 1.36 bits per heavy atom. The molecule has 2 nitrogen and oxygen atoms in total. The zero-order valence-corrected chi connectivity index (χ0v) is 6.83. The minimum Gasteiger partial charge on any atom is -0.390 e. The van der Waals surface area contributed by atoms with Crippen molar-refractivity contribution in [3.8, 4) is 0 Å². The Bertz CT molecular complexity index is 111. The highest BCUT2D eigenvalue weighted by Crippen LogP contribution is 2.06. The normalized spacial score (nSPS) is 20.5. The summed E-state index contributed by atoms with van der Waals surface area (Å²) in [5, 5.41) is 18.0. The van der Waals surface area contributed by atoms with E-state index in [4.69, 9.17) is 11.6 Å². The fraction of sp³-hybridized carbons (Fsp3) is 1.00. The Hall–Kier alpha value is -0.150. The summed E-state index contributed by atoms with van der Waals surface area (Å²) in [6, 6.07) is 0. The smallest absolute Gasteiger partial charge is 0.118 e. The Morgan fingerprint density at radius 2 is 2.00 bits per heavy atom. The van der Waals surface area contributed by atoms with Crippen molar-refractivity contribution in [2.75, 3.05) is 6.65 Å². The maximum Gasteiger partial charge on any atom is 0.118 e. The summed E-state index contributed by atoms with van der Waals surface area (Å²) in [6.45, 7) is -0.0766. The average molecular weight is 165 g/mol. The molecule has 0 aliphatic carbocycles. The summed E-state index contributed by atoms with van der Waals surface area (Å²) >= 11 is 0. The third kappa shape index (κ3) is 5.16. The van der Waals surface area contributed by atoms with Gasteiger partial charge in [0.15, 0.2) is 0 Å². The fourth-order valence-electron chi connectivity index (χ4n) is 0.858. The van der Waals surface area contributed by atoms with Crippen LogP contribution in [-0.4, -0.2) is 29.1 Å². The van der Waals surface area contributed by atoms with Crippen molar-refractivity contribution in [3.63, 3.8) is 0 Å². The Morgan fingerprint density at radius 3 is 2.45 bits per heavy atom. The zero-order chi connectivity index (χ0) is 9.56. The van der Waals surface area contributed by atoms with E-state index in [1.54, 1.807) is 0 Å². The summed E-state index contributed by atoms with van der Waals surface area (Å²) in [4.78, 5) is 0. The first kappa shape index (κ1) is 8.94. The molecule has 68 valence electrons. The van der Waals surface area contributed by atoms with Gasteiger partial charge in [-0.15, -0.1) is 0 Å². The van der Waals surface area contributed by atoms with Gasteiger partial charge in [-0.05, 0) is 6.42 Å². The number of unbranched alkanes of at least 4 members (excludes halogenated alkanes) is 2. The SMILES string of the molecule is [2H][C@@H](F)[C@H](O)C(O)CCCCC. The van der Waals surface area contributed by atoms with Crippen LogP contribution in [0.5, 0.6) is 0 Å². The number of hydrogen-bond donors (Lipinski definition) is 2. The van der Waals surface area contributed by atoms with Crippen LogP contribution in [0.1, 0.15) is 34.0 Å². The molecule has 0 bridgehead atoms. The van der Waals surface area contributed by atoms with Crippen LogP contribution >= 0.6 is 0 Å². The maximum absolute atomic E-state index is 12.1. The molecule has 3 atom stereocenters. The van der Waals surface area contributed by atoms with Crippen molar-refractivity contribution < 1.29 is 16.0 Å². The van der Waals surface area contributed by atoms with Crippen LogP contribution in [0.25, 0.3) is 0 Å². The summed E-state index contributed by atoms with van der Waals surface area (Å²) in [5.41, 5.74) is 0. The Kier molecular flexibility index (Phi) is 5.33. The summed E-state index contributed by atoms with van der Waals surface area (Å²) < 4.78 is 18.6. The molecule has 0 aromatic heterocycles. The lowest BCUT2D eigenvalue weighted by Gasteiger charge is -2.13. The van der Waals surface area contributed by atoms with Crippen LogP contribution < -0.4 is 0 Å². The highest BCUT2D eigenvalue weighted by molar-refractivity contribution is 4.65. The van der Waals surface area contributed by atoms with E-state index in [1.165, 1.54) is 0 Å². The summed E-state index contributed by atoms with van der Waals surface area (Å²) in [5.74, 6) is 0. The second-order valence-electron chi connectivity index (χ2n) is 2.68. The molecule has 0 aromatic rings. The van der Waals surface area contributed by atoms with Gasteiger partial charge in [0.2, 0.25) is 0 Å². The molecule has 0 radical (unpaired) electrons. The Balaban J connectivity index is 3.49. The van der Waals surface area contributed by atoms with Gasteiger partial charge in [-0.2, -0.15) is 0 Å². The van der Waals surface area contributed by atoms with E-state index in [-0.39, 0.29) is 0 Å². The van der Waals surface area contributed by atoms with Crippen molar-refractivity contribution in [2.24, 2.45) is 0 Å². The van der Waals surface area contributed by atoms with Crippen molar-refractivity contribution in [3.05, 3.63) is 0 Å². The molecule has 0 heterocycles. The molecule has 0 rings (SSSR count). The van der Waals surface area contributed by atoms with Gasteiger partial charge in [0.05, 0.1) is 7.47 Å². The van der Waals surface area contributed by atoms with Crippen molar-refractivity contribution in [1.82, 2.24) is 0 Å². The topological polar surface area (TPSA) is 40.5 Å². The van der Waals surface area contributed by atoms with Crippen LogP contribution in [0.4, 0.5) is 4.39 Å². The average Bonchev–Trinajstić information content (AvgIpc) is 2.03. The fourth-order valence-corrected chi connectivity index (χ4v) is 0.858. The molecule has 0 aliphatic heterocycles. The van der Waals surface area contributed by atoms with Gasteiger partial charge in [0.25, 0.3) is 0 Å². The highest BCUT2D eigenvalue weighted by Gasteiger charge is 2.14. The standard InChI is InChI=1S/C8H17FO2/c1-2-3-4-5-7(10)8(11)6-9/h7-8,10-11H,2-6H2,1H3/t7?,8-/m0/s1/i6D/t6-,7?,8+/m1. The van der Waals surface area contributed by atoms with E-state index in [0.717, 1.165) is 19.3 Å². The summed E-state index contributed by atoms with van der Waals surface area (Å²) in [7, 11) is 0. The zero-order valence-electron chi connectivity index (χ0n) is 7.83. The molecule has 0 spiro atoms. The first-order chi connectivity index (χ1) is 5.59. The number of aliphatic hydroxyl groups excluding tert-OH is 2. The van der Waals surface area contributed by atoms with Gasteiger partial charge in [0.1, 0.15) is 12.8 Å². The van der Waals surface area contributed by atoms with E-state index in [0.29, 0.717) is 6.42 Å². The van der Waals surface area contributed by atoms with Crippen molar-refractivity contribution >= 4 is 0 Å². The Labute approximate surface area is 68.5 Å². The third-order valence-corrected chi connectivity index (χ3v) is 1.63. The first-order valence-corrected chi connectivity index (χ1v) is 4.02. The molecule has 0 aromatic carbocycles. The second kappa shape index (κ2) is 6.55. The highest BCUT2D eigenvalue weighted by atomic mass is 19.1. The van der Waals surface area contributed by atoms with Gasteiger partial charge < -0.3 is 10.2 Å². The quantitative estimate of drug-likeness (QED) is 0.582. The minimum absolute atomic E-state index is 0.369. The molecule has 0 fully saturated rings. The van der Waals surface area contributed by atoms with Gasteiger partial charge in [0, 0.05) is 0 Å². The lowest BCUT2D eigenvalue weighted by atomic mass is 10.1. The maximum atomic E-state index is 12.1. The summed E-state index contributed by atoms with van der Waals surface area (Å²) in [6.07, 6.45) is 0.461. The molecule has 1 unspecified atom stereocenters. The van der Waals surface area contributed by atoms with Gasteiger partial charge in [-0.1, -0.05) is 26.2 Å². The molecule has 11 heavy (non-hydrogen) atoms. The molecule has 0 saturated carbocycles. The third-order valence-electron chi connectivity index (χ3n) is 1.63. The van der Waals surface area contributed by atoms with E-state index in [2.05, 4.69) is 0 Å². The number of alkyl halides is 1. The van der Waals surface area contributed by atoms with E-state index in [9.17, 15) is 4.39 Å². The van der Waals surface area contributed by atoms with Crippen LogP contribution in [0, 0.1) is 0 Å². The molecule has 2 N–H and O–H groups in total. The first-order valence-electron chi connectivity index (χ1n) is 4.59.